The van der Waals surface area contributed by atoms with Crippen LogP contribution in [0.1, 0.15) is 96.8 Å². The normalized spacial score (nSPS) is 15.3. The summed E-state index contributed by atoms with van der Waals surface area (Å²) >= 11 is 0. The molecule has 3 N–H and O–H groups in total. The Kier molecular flexibility index (Phi) is 20.7. The van der Waals surface area contributed by atoms with Crippen LogP contribution in [-0.4, -0.2) is 59.9 Å². The molecule has 0 aliphatic heterocycles. The van der Waals surface area contributed by atoms with Crippen LogP contribution in [0.15, 0.2) is 0 Å². The Morgan fingerprint density at radius 1 is 0.781 bits per heavy atom. The average Bonchev–Trinajstić information content (AvgIpc) is 2.77. The molecule has 0 amide bonds. The van der Waals surface area contributed by atoms with Crippen molar-refractivity contribution < 1.29 is 43.4 Å². The second kappa shape index (κ2) is 21.0. The molecule has 0 aromatic carbocycles. The standard InChI is InChI=1S/C22H45O9P/c1-2-3-4-5-6-7-8-9-10-11-12-13-14-15-22(26)29-17-21(25)19-31-32(27,28)30-18-20(24)16-23/h20-21,23-25H,2-19H2,1H3,(H,27,28)/p-1/t20-,21-/m1/s1. The summed E-state index contributed by atoms with van der Waals surface area (Å²) in [6.45, 7) is -0.0893. The van der Waals surface area contributed by atoms with E-state index < -0.39 is 45.8 Å². The minimum absolute atomic E-state index is 0.257. The van der Waals surface area contributed by atoms with E-state index in [0.717, 1.165) is 19.3 Å². The van der Waals surface area contributed by atoms with Gasteiger partial charge in [0.25, 0.3) is 7.82 Å². The number of aliphatic hydroxyl groups is 3. The summed E-state index contributed by atoms with van der Waals surface area (Å²) in [6, 6.07) is 0. The van der Waals surface area contributed by atoms with Crippen molar-refractivity contribution in [3.63, 3.8) is 0 Å². The van der Waals surface area contributed by atoms with Crippen molar-refractivity contribution >= 4 is 13.8 Å². The van der Waals surface area contributed by atoms with E-state index in [9.17, 15) is 19.4 Å². The Morgan fingerprint density at radius 2 is 1.22 bits per heavy atom. The highest BCUT2D eigenvalue weighted by Crippen LogP contribution is 2.38. The van der Waals surface area contributed by atoms with Crippen molar-refractivity contribution in [1.82, 2.24) is 0 Å². The number of phosphoric acid groups is 1. The monoisotopic (exact) mass is 483 g/mol. The van der Waals surface area contributed by atoms with Gasteiger partial charge in [-0.15, -0.1) is 0 Å². The van der Waals surface area contributed by atoms with Crippen LogP contribution in [0.4, 0.5) is 0 Å². The summed E-state index contributed by atoms with van der Waals surface area (Å²) in [5, 5.41) is 27.3. The number of carbonyl (C=O) groups excluding carboxylic acids is 1. The zero-order valence-electron chi connectivity index (χ0n) is 19.6. The molecule has 32 heavy (non-hydrogen) atoms. The lowest BCUT2D eigenvalue weighted by atomic mass is 10.0. The van der Waals surface area contributed by atoms with Crippen LogP contribution in [0.25, 0.3) is 0 Å². The van der Waals surface area contributed by atoms with E-state index >= 15 is 0 Å². The van der Waals surface area contributed by atoms with Gasteiger partial charge in [0.1, 0.15) is 18.8 Å². The Hall–Kier alpha value is -0.540. The van der Waals surface area contributed by atoms with Crippen LogP contribution in [0, 0.1) is 0 Å². The topological polar surface area (TPSA) is 146 Å². The molecule has 0 aliphatic carbocycles. The SMILES string of the molecule is CCCCCCCCCCCCCCCC(=O)OC[C@@H](O)COP(=O)([O-])OC[C@H](O)CO. The second-order valence-corrected chi connectivity index (χ2v) is 9.62. The number of hydrogen-bond acceptors (Lipinski definition) is 9. The molecule has 0 aliphatic rings. The van der Waals surface area contributed by atoms with Gasteiger partial charge in [-0.1, -0.05) is 84.0 Å². The summed E-state index contributed by atoms with van der Waals surface area (Å²) in [7, 11) is -4.73. The third-order valence-electron chi connectivity index (χ3n) is 4.98. The lowest BCUT2D eigenvalue weighted by molar-refractivity contribution is -0.229. The molecule has 0 bridgehead atoms. The fourth-order valence-corrected chi connectivity index (χ4v) is 3.82. The lowest BCUT2D eigenvalue weighted by Gasteiger charge is -2.24. The van der Waals surface area contributed by atoms with Gasteiger partial charge in [-0.25, -0.2) is 0 Å². The fraction of sp³-hybridized carbons (Fsp3) is 0.955. The van der Waals surface area contributed by atoms with Gasteiger partial charge >= 0.3 is 5.97 Å². The first-order valence-electron chi connectivity index (χ1n) is 12.0. The van der Waals surface area contributed by atoms with Crippen LogP contribution < -0.4 is 4.89 Å². The smallest absolute Gasteiger partial charge is 0.305 e. The summed E-state index contributed by atoms with van der Waals surface area (Å²) < 4.78 is 25.1. The quantitative estimate of drug-likeness (QED) is 0.113. The fourth-order valence-electron chi connectivity index (χ4n) is 3.04. The van der Waals surface area contributed by atoms with Crippen molar-refractivity contribution in [2.45, 2.75) is 109 Å². The Labute approximate surface area is 193 Å². The molecule has 10 heteroatoms. The molecule has 9 nitrogen and oxygen atoms in total. The van der Waals surface area contributed by atoms with E-state index in [1.807, 2.05) is 0 Å². The minimum atomic E-state index is -4.73. The average molecular weight is 484 g/mol. The minimum Gasteiger partial charge on any atom is -0.756 e. The molecule has 0 aromatic rings. The van der Waals surface area contributed by atoms with E-state index in [-0.39, 0.29) is 13.0 Å². The number of ether oxygens (including phenoxy) is 1. The van der Waals surface area contributed by atoms with Gasteiger partial charge in [0.15, 0.2) is 0 Å². The molecule has 0 spiro atoms. The number of unbranched alkanes of at least 4 members (excludes halogenated alkanes) is 12. The molecule has 0 radical (unpaired) electrons. The van der Waals surface area contributed by atoms with Gasteiger partial charge in [0.2, 0.25) is 0 Å². The van der Waals surface area contributed by atoms with E-state index in [1.165, 1.54) is 64.2 Å². The number of carbonyl (C=O) groups is 1. The highest BCUT2D eigenvalue weighted by Gasteiger charge is 2.16. The van der Waals surface area contributed by atoms with Gasteiger partial charge in [0.05, 0.1) is 19.8 Å². The van der Waals surface area contributed by atoms with Crippen LogP contribution >= 0.6 is 7.82 Å². The molecule has 0 rings (SSSR count). The zero-order valence-corrected chi connectivity index (χ0v) is 20.5. The van der Waals surface area contributed by atoms with Crippen LogP contribution in [-0.2, 0) is 23.1 Å². The maximum Gasteiger partial charge on any atom is 0.305 e. The number of esters is 1. The summed E-state index contributed by atoms with van der Waals surface area (Å²) in [4.78, 5) is 23.1. The summed E-state index contributed by atoms with van der Waals surface area (Å²) in [6.07, 6.45) is 13.4. The largest absolute Gasteiger partial charge is 0.756 e. The van der Waals surface area contributed by atoms with Gasteiger partial charge in [-0.05, 0) is 6.42 Å². The van der Waals surface area contributed by atoms with Crippen LogP contribution in [0.5, 0.6) is 0 Å². The number of aliphatic hydroxyl groups excluding tert-OH is 3. The van der Waals surface area contributed by atoms with Gasteiger partial charge in [0, 0.05) is 6.42 Å². The molecule has 0 heterocycles. The molecule has 0 aromatic heterocycles. The summed E-state index contributed by atoms with van der Waals surface area (Å²) in [5.74, 6) is -0.445. The maximum absolute atomic E-state index is 11.7. The molecular weight excluding hydrogens is 439 g/mol. The molecule has 3 atom stereocenters. The van der Waals surface area contributed by atoms with Gasteiger partial charge in [-0.2, -0.15) is 0 Å². The first-order chi connectivity index (χ1) is 15.3. The van der Waals surface area contributed by atoms with Crippen molar-refractivity contribution in [1.29, 1.82) is 0 Å². The molecular formula is C22H44O9P-. The summed E-state index contributed by atoms with van der Waals surface area (Å²) in [5.41, 5.74) is 0. The number of rotatable bonds is 23. The molecule has 0 saturated carbocycles. The predicted molar refractivity (Wildman–Crippen MR) is 120 cm³/mol. The highest BCUT2D eigenvalue weighted by atomic mass is 31.2. The first-order valence-corrected chi connectivity index (χ1v) is 13.5. The number of hydrogen-bond donors (Lipinski definition) is 3. The van der Waals surface area contributed by atoms with E-state index in [4.69, 9.17) is 14.9 Å². The van der Waals surface area contributed by atoms with Crippen molar-refractivity contribution in [2.75, 3.05) is 26.4 Å². The molecule has 0 saturated heterocycles. The van der Waals surface area contributed by atoms with Crippen molar-refractivity contribution in [3.8, 4) is 0 Å². The van der Waals surface area contributed by atoms with Crippen LogP contribution in [0.3, 0.4) is 0 Å². The maximum atomic E-state index is 11.7. The second-order valence-electron chi connectivity index (χ2n) is 8.20. The Balaban J connectivity index is 3.54. The van der Waals surface area contributed by atoms with Crippen LogP contribution in [0.2, 0.25) is 0 Å². The molecule has 192 valence electrons. The Bertz CT molecular complexity index is 490. The van der Waals surface area contributed by atoms with Gasteiger partial charge in [-0.3, -0.25) is 9.36 Å². The van der Waals surface area contributed by atoms with E-state index in [2.05, 4.69) is 16.0 Å². The number of phosphoric ester groups is 1. The predicted octanol–water partition coefficient (Wildman–Crippen LogP) is 3.23. The van der Waals surface area contributed by atoms with Gasteiger partial charge < -0.3 is 34.0 Å². The Morgan fingerprint density at radius 3 is 1.69 bits per heavy atom. The zero-order chi connectivity index (χ0) is 24.1. The molecule has 0 fully saturated rings. The lowest BCUT2D eigenvalue weighted by Crippen LogP contribution is -2.26. The highest BCUT2D eigenvalue weighted by molar-refractivity contribution is 7.45. The molecule has 1 unspecified atom stereocenters. The van der Waals surface area contributed by atoms with E-state index in [1.54, 1.807) is 0 Å². The van der Waals surface area contributed by atoms with Crippen molar-refractivity contribution in [3.05, 3.63) is 0 Å². The third kappa shape index (κ3) is 21.3. The van der Waals surface area contributed by atoms with E-state index in [0.29, 0.717) is 0 Å². The first kappa shape index (κ1) is 31.5. The van der Waals surface area contributed by atoms with Crippen molar-refractivity contribution in [2.24, 2.45) is 0 Å². The third-order valence-corrected chi connectivity index (χ3v) is 5.91.